The van der Waals surface area contributed by atoms with Gasteiger partial charge in [-0.15, -0.1) is 0 Å². The number of anilines is 1. The van der Waals surface area contributed by atoms with Gasteiger partial charge < -0.3 is 14.6 Å². The number of amides is 1. The summed E-state index contributed by atoms with van der Waals surface area (Å²) in [6.45, 7) is 9.22. The van der Waals surface area contributed by atoms with Crippen LogP contribution in [0, 0.1) is 0 Å². The van der Waals surface area contributed by atoms with Crippen molar-refractivity contribution in [2.24, 2.45) is 0 Å². The Kier molecular flexibility index (Phi) is 11.4. The van der Waals surface area contributed by atoms with Crippen LogP contribution >= 0.6 is 0 Å². The maximum Gasteiger partial charge on any atom is 0.414 e. The van der Waals surface area contributed by atoms with Crippen molar-refractivity contribution in [2.45, 2.75) is 110 Å². The van der Waals surface area contributed by atoms with Gasteiger partial charge in [0, 0.05) is 19.1 Å². The van der Waals surface area contributed by atoms with E-state index in [-0.39, 0.29) is 18.6 Å². The highest BCUT2D eigenvalue weighted by Crippen LogP contribution is 2.40. The molecule has 1 aromatic rings. The monoisotopic (exact) mass is 447 g/mol. The van der Waals surface area contributed by atoms with Gasteiger partial charge in [-0.05, 0) is 57.4 Å². The van der Waals surface area contributed by atoms with Gasteiger partial charge in [0.25, 0.3) is 0 Å². The zero-order chi connectivity index (χ0) is 23.4. The van der Waals surface area contributed by atoms with Crippen LogP contribution in [0.2, 0.25) is 0 Å². The second kappa shape index (κ2) is 13.7. The molecule has 0 aliphatic carbocycles. The summed E-state index contributed by atoms with van der Waals surface area (Å²) in [6.07, 6.45) is 13.4. The fourth-order valence-electron chi connectivity index (χ4n) is 4.28. The first-order valence-corrected chi connectivity index (χ1v) is 12.7. The highest BCUT2D eigenvalue weighted by molar-refractivity contribution is 5.91. The van der Waals surface area contributed by atoms with Crippen LogP contribution in [0.3, 0.4) is 0 Å². The van der Waals surface area contributed by atoms with Gasteiger partial charge in [0.15, 0.2) is 0 Å². The summed E-state index contributed by atoms with van der Waals surface area (Å²) in [5, 5.41) is 9.48. The SMILES string of the molecule is CCCCCCCCCCCCOc1ccc2c(c1)C(CCO)CN2C(=O)OC(C)(C)C. The minimum absolute atomic E-state index is 0.0932. The second-order valence-electron chi connectivity index (χ2n) is 10.1. The summed E-state index contributed by atoms with van der Waals surface area (Å²) in [6, 6.07) is 5.93. The largest absolute Gasteiger partial charge is 0.494 e. The van der Waals surface area contributed by atoms with Gasteiger partial charge in [0.05, 0.1) is 12.3 Å². The number of rotatable bonds is 14. The average molecular weight is 448 g/mol. The summed E-state index contributed by atoms with van der Waals surface area (Å²) in [4.78, 5) is 14.3. The number of carbonyl (C=O) groups excluding carboxylic acids is 1. The van der Waals surface area contributed by atoms with E-state index < -0.39 is 5.60 Å². The van der Waals surface area contributed by atoms with E-state index in [1.54, 1.807) is 4.90 Å². The van der Waals surface area contributed by atoms with Crippen molar-refractivity contribution in [3.05, 3.63) is 23.8 Å². The van der Waals surface area contributed by atoms with Gasteiger partial charge >= 0.3 is 6.09 Å². The number of nitrogens with zero attached hydrogens (tertiary/aromatic N) is 1. The molecule has 1 aliphatic heterocycles. The average Bonchev–Trinajstić information content (AvgIpc) is 3.09. The molecule has 0 bridgehead atoms. The van der Waals surface area contributed by atoms with Crippen molar-refractivity contribution in [1.29, 1.82) is 0 Å². The maximum absolute atomic E-state index is 12.7. The Morgan fingerprint density at radius 1 is 1.03 bits per heavy atom. The first kappa shape index (κ1) is 26.5. The third kappa shape index (κ3) is 9.01. The lowest BCUT2D eigenvalue weighted by Gasteiger charge is -2.25. The molecule has 0 saturated carbocycles. The quantitative estimate of drug-likeness (QED) is 0.306. The number of benzene rings is 1. The van der Waals surface area contributed by atoms with Gasteiger partial charge in [-0.1, -0.05) is 64.7 Å². The molecule has 0 saturated heterocycles. The minimum Gasteiger partial charge on any atom is -0.494 e. The fraction of sp³-hybridized carbons (Fsp3) is 0.741. The summed E-state index contributed by atoms with van der Waals surface area (Å²) in [7, 11) is 0. The number of unbranched alkanes of at least 4 members (excludes halogenated alkanes) is 9. The first-order valence-electron chi connectivity index (χ1n) is 12.7. The van der Waals surface area contributed by atoms with Crippen molar-refractivity contribution in [2.75, 3.05) is 24.7 Å². The standard InChI is InChI=1S/C27H45NO4/c1-5-6-7-8-9-10-11-12-13-14-19-31-23-15-16-25-24(20-23)22(17-18-29)21-28(25)26(30)32-27(2,3)4/h15-16,20,22,29H,5-14,17-19,21H2,1-4H3. The number of aliphatic hydroxyl groups excluding tert-OH is 1. The number of hydrogen-bond acceptors (Lipinski definition) is 4. The molecule has 5 nitrogen and oxygen atoms in total. The van der Waals surface area contributed by atoms with E-state index in [0.29, 0.717) is 13.0 Å². The zero-order valence-corrected chi connectivity index (χ0v) is 20.8. The maximum atomic E-state index is 12.7. The van der Waals surface area contributed by atoms with E-state index in [9.17, 15) is 9.90 Å². The second-order valence-corrected chi connectivity index (χ2v) is 10.1. The molecule has 1 N–H and O–H groups in total. The van der Waals surface area contributed by atoms with Crippen molar-refractivity contribution in [1.82, 2.24) is 0 Å². The molecule has 32 heavy (non-hydrogen) atoms. The van der Waals surface area contributed by atoms with E-state index in [4.69, 9.17) is 9.47 Å². The minimum atomic E-state index is -0.537. The Labute approximate surface area is 195 Å². The molecule has 1 aliphatic rings. The van der Waals surface area contributed by atoms with Crippen LogP contribution in [-0.4, -0.2) is 36.6 Å². The molecule has 2 rings (SSSR count). The van der Waals surface area contributed by atoms with Crippen LogP contribution in [-0.2, 0) is 4.74 Å². The van der Waals surface area contributed by atoms with E-state index in [2.05, 4.69) is 6.92 Å². The molecule has 0 aromatic heterocycles. The molecule has 1 aromatic carbocycles. The van der Waals surface area contributed by atoms with Gasteiger partial charge in [-0.2, -0.15) is 0 Å². The first-order chi connectivity index (χ1) is 15.4. The van der Waals surface area contributed by atoms with Gasteiger partial charge in [0.1, 0.15) is 11.4 Å². The Morgan fingerprint density at radius 3 is 2.25 bits per heavy atom. The third-order valence-electron chi connectivity index (χ3n) is 5.99. The molecular weight excluding hydrogens is 402 g/mol. The van der Waals surface area contributed by atoms with Crippen LogP contribution in [0.1, 0.15) is 110 Å². The number of fused-ring (bicyclic) bond motifs is 1. The van der Waals surface area contributed by atoms with Crippen molar-refractivity contribution < 1.29 is 19.4 Å². The lowest BCUT2D eigenvalue weighted by Crippen LogP contribution is -2.36. The summed E-state index contributed by atoms with van der Waals surface area (Å²) in [5.41, 5.74) is 1.39. The predicted molar refractivity (Wildman–Crippen MR) is 132 cm³/mol. The molecule has 1 atom stereocenters. The summed E-state index contributed by atoms with van der Waals surface area (Å²) in [5.74, 6) is 0.942. The van der Waals surface area contributed by atoms with Crippen molar-refractivity contribution >= 4 is 11.8 Å². The molecule has 1 unspecified atom stereocenters. The lowest BCUT2D eigenvalue weighted by atomic mass is 9.98. The molecule has 182 valence electrons. The molecule has 1 amide bonds. The smallest absolute Gasteiger partial charge is 0.414 e. The lowest BCUT2D eigenvalue weighted by molar-refractivity contribution is 0.0581. The number of ether oxygens (including phenoxy) is 2. The van der Waals surface area contributed by atoms with Gasteiger partial charge in [-0.25, -0.2) is 4.79 Å². The molecule has 1 heterocycles. The highest BCUT2D eigenvalue weighted by Gasteiger charge is 2.34. The van der Waals surface area contributed by atoms with E-state index >= 15 is 0 Å². The molecular formula is C27H45NO4. The van der Waals surface area contributed by atoms with E-state index in [0.717, 1.165) is 30.0 Å². The van der Waals surface area contributed by atoms with Gasteiger partial charge in [-0.3, -0.25) is 4.90 Å². The zero-order valence-electron chi connectivity index (χ0n) is 20.8. The molecule has 0 spiro atoms. The molecule has 0 fully saturated rings. The van der Waals surface area contributed by atoms with Crippen LogP contribution in [0.5, 0.6) is 5.75 Å². The fourth-order valence-corrected chi connectivity index (χ4v) is 4.28. The van der Waals surface area contributed by atoms with Crippen LogP contribution in [0.4, 0.5) is 10.5 Å². The third-order valence-corrected chi connectivity index (χ3v) is 5.99. The van der Waals surface area contributed by atoms with Crippen molar-refractivity contribution in [3.8, 4) is 5.75 Å². The number of aliphatic hydroxyl groups is 1. The molecule has 5 heteroatoms. The highest BCUT2D eigenvalue weighted by atomic mass is 16.6. The Hall–Kier alpha value is -1.75. The predicted octanol–water partition coefficient (Wildman–Crippen LogP) is 7.21. The van der Waals surface area contributed by atoms with E-state index in [1.807, 2.05) is 39.0 Å². The van der Waals surface area contributed by atoms with Crippen molar-refractivity contribution in [3.63, 3.8) is 0 Å². The normalized spacial score (nSPS) is 15.7. The summed E-state index contributed by atoms with van der Waals surface area (Å²) >= 11 is 0. The van der Waals surface area contributed by atoms with Crippen LogP contribution in [0.25, 0.3) is 0 Å². The van der Waals surface area contributed by atoms with Crippen LogP contribution < -0.4 is 9.64 Å². The van der Waals surface area contributed by atoms with E-state index in [1.165, 1.54) is 57.8 Å². The Balaban J connectivity index is 1.78. The Bertz CT molecular complexity index is 683. The number of hydrogen-bond donors (Lipinski definition) is 1. The van der Waals surface area contributed by atoms with Crippen LogP contribution in [0.15, 0.2) is 18.2 Å². The number of carbonyl (C=O) groups is 1. The topological polar surface area (TPSA) is 59.0 Å². The summed E-state index contributed by atoms with van der Waals surface area (Å²) < 4.78 is 11.6. The molecule has 0 radical (unpaired) electrons. The Morgan fingerprint density at radius 2 is 1.66 bits per heavy atom. The van der Waals surface area contributed by atoms with Gasteiger partial charge in [0.2, 0.25) is 0 Å².